The number of nitrogens with zero attached hydrogens (tertiary/aromatic N) is 2. The summed E-state index contributed by atoms with van der Waals surface area (Å²) in [4.78, 5) is 4.23. The summed E-state index contributed by atoms with van der Waals surface area (Å²) >= 11 is 12.0. The van der Waals surface area contributed by atoms with Crippen LogP contribution in [0.2, 0.25) is 10.3 Å². The van der Waals surface area contributed by atoms with Gasteiger partial charge in [0.25, 0.3) is 0 Å². The van der Waals surface area contributed by atoms with Gasteiger partial charge in [0, 0.05) is 28.4 Å². The molecule has 2 aromatic carbocycles. The normalized spacial score (nSPS) is 10.9. The Bertz CT molecular complexity index is 885. The van der Waals surface area contributed by atoms with Gasteiger partial charge < -0.3 is 4.74 Å². The summed E-state index contributed by atoms with van der Waals surface area (Å²) in [5, 5.41) is 0.537. The summed E-state index contributed by atoms with van der Waals surface area (Å²) < 4.78 is 34.8. The number of rotatable bonds is 3. The highest BCUT2D eigenvalue weighted by atomic mass is 35.5. The topological polar surface area (TPSA) is 27.1 Å². The van der Waals surface area contributed by atoms with Crippen molar-refractivity contribution in [2.75, 3.05) is 7.11 Å². The number of hydrogen-bond donors (Lipinski definition) is 0. The van der Waals surface area contributed by atoms with Crippen molar-refractivity contribution in [3.05, 3.63) is 64.0 Å². The zero-order valence-electron chi connectivity index (χ0n) is 12.8. The minimum atomic E-state index is -0.795. The van der Waals surface area contributed by atoms with Gasteiger partial charge in [-0.2, -0.15) is 0 Å². The van der Waals surface area contributed by atoms with Crippen molar-refractivity contribution in [1.29, 1.82) is 0 Å². The van der Waals surface area contributed by atoms with E-state index >= 15 is 0 Å². The third kappa shape index (κ3) is 2.85. The molecule has 0 amide bonds. The Morgan fingerprint density at radius 1 is 1.04 bits per heavy atom. The van der Waals surface area contributed by atoms with E-state index in [2.05, 4.69) is 4.98 Å². The van der Waals surface area contributed by atoms with Gasteiger partial charge in [0.2, 0.25) is 5.28 Å². The third-order valence-electron chi connectivity index (χ3n) is 3.63. The predicted molar refractivity (Wildman–Crippen MR) is 90.2 cm³/mol. The number of benzene rings is 2. The van der Waals surface area contributed by atoms with E-state index in [1.807, 2.05) is 0 Å². The van der Waals surface area contributed by atoms with E-state index in [4.69, 9.17) is 27.9 Å². The lowest BCUT2D eigenvalue weighted by atomic mass is 10.1. The summed E-state index contributed by atoms with van der Waals surface area (Å²) in [6.45, 7) is 1.69. The Kier molecular flexibility index (Phi) is 4.47. The van der Waals surface area contributed by atoms with Crippen LogP contribution >= 0.6 is 23.2 Å². The summed E-state index contributed by atoms with van der Waals surface area (Å²) in [7, 11) is 1.34. The predicted octanol–water partition coefficient (Wildman–Crippen LogP) is 5.44. The highest BCUT2D eigenvalue weighted by Crippen LogP contribution is 2.32. The molecule has 0 fully saturated rings. The molecule has 0 atom stereocenters. The molecule has 1 aromatic heterocycles. The molecular formula is C17H12Cl2F2N2O. The van der Waals surface area contributed by atoms with Gasteiger partial charge in [-0.1, -0.05) is 23.7 Å². The molecule has 0 saturated carbocycles. The van der Waals surface area contributed by atoms with Crippen molar-refractivity contribution in [2.24, 2.45) is 0 Å². The Morgan fingerprint density at radius 3 is 2.17 bits per heavy atom. The fourth-order valence-corrected chi connectivity index (χ4v) is 2.90. The first-order valence-corrected chi connectivity index (χ1v) is 7.72. The second-order valence-corrected chi connectivity index (χ2v) is 5.87. The van der Waals surface area contributed by atoms with E-state index in [0.717, 1.165) is 17.7 Å². The first kappa shape index (κ1) is 16.7. The quantitative estimate of drug-likeness (QED) is 0.615. The minimum Gasteiger partial charge on any atom is -0.497 e. The first-order valence-electron chi connectivity index (χ1n) is 6.96. The van der Waals surface area contributed by atoms with Crippen molar-refractivity contribution in [3.63, 3.8) is 0 Å². The molecule has 0 bridgehead atoms. The lowest BCUT2D eigenvalue weighted by molar-refractivity contribution is 0.406. The van der Waals surface area contributed by atoms with Crippen molar-refractivity contribution < 1.29 is 13.5 Å². The standard InChI is InChI=1S/C17H12Cl2F2N2O/c1-9-15(10-3-5-11(18)6-4-10)22-17(19)23(9)16-13(20)7-12(24-2)8-14(16)21/h3-8H,1-2H3. The molecule has 0 spiro atoms. The van der Waals surface area contributed by atoms with E-state index in [9.17, 15) is 8.78 Å². The number of aromatic nitrogens is 2. The number of methoxy groups -OCH3 is 1. The largest absolute Gasteiger partial charge is 0.497 e. The molecule has 3 rings (SSSR count). The van der Waals surface area contributed by atoms with Crippen molar-refractivity contribution in [2.45, 2.75) is 6.92 Å². The molecule has 0 aliphatic rings. The monoisotopic (exact) mass is 368 g/mol. The van der Waals surface area contributed by atoms with Gasteiger partial charge in [-0.05, 0) is 30.7 Å². The van der Waals surface area contributed by atoms with Crippen LogP contribution < -0.4 is 4.74 Å². The Hall–Kier alpha value is -2.11. The van der Waals surface area contributed by atoms with E-state index < -0.39 is 11.6 Å². The second-order valence-electron chi connectivity index (χ2n) is 5.10. The van der Waals surface area contributed by atoms with Crippen molar-refractivity contribution >= 4 is 23.2 Å². The zero-order valence-corrected chi connectivity index (χ0v) is 14.3. The van der Waals surface area contributed by atoms with Crippen LogP contribution in [-0.2, 0) is 0 Å². The lowest BCUT2D eigenvalue weighted by Gasteiger charge is -2.11. The average molecular weight is 369 g/mol. The molecule has 0 unspecified atom stereocenters. The van der Waals surface area contributed by atoms with E-state index in [1.165, 1.54) is 11.7 Å². The van der Waals surface area contributed by atoms with E-state index in [1.54, 1.807) is 31.2 Å². The molecule has 0 saturated heterocycles. The van der Waals surface area contributed by atoms with Gasteiger partial charge in [0.05, 0.1) is 12.8 Å². The van der Waals surface area contributed by atoms with Crippen molar-refractivity contribution in [3.8, 4) is 22.7 Å². The SMILES string of the molecule is COc1cc(F)c(-n2c(Cl)nc(-c3ccc(Cl)cc3)c2C)c(F)c1. The van der Waals surface area contributed by atoms with Gasteiger partial charge in [0.1, 0.15) is 11.4 Å². The lowest BCUT2D eigenvalue weighted by Crippen LogP contribution is -2.04. The van der Waals surface area contributed by atoms with Gasteiger partial charge in [0.15, 0.2) is 11.6 Å². The van der Waals surface area contributed by atoms with Crippen LogP contribution in [0.25, 0.3) is 16.9 Å². The van der Waals surface area contributed by atoms with Crippen LogP contribution in [0, 0.1) is 18.6 Å². The van der Waals surface area contributed by atoms with E-state index in [-0.39, 0.29) is 16.7 Å². The average Bonchev–Trinajstić information content (AvgIpc) is 2.83. The molecule has 3 aromatic rings. The molecule has 7 heteroatoms. The molecule has 0 aliphatic heterocycles. The fraction of sp³-hybridized carbons (Fsp3) is 0.118. The summed E-state index contributed by atoms with van der Waals surface area (Å²) in [5.74, 6) is -1.51. The molecule has 1 heterocycles. The molecule has 0 aliphatic carbocycles. The molecule has 3 nitrogen and oxygen atoms in total. The van der Waals surface area contributed by atoms with Gasteiger partial charge in [-0.3, -0.25) is 4.57 Å². The van der Waals surface area contributed by atoms with Crippen LogP contribution in [0.1, 0.15) is 5.69 Å². The Morgan fingerprint density at radius 2 is 1.62 bits per heavy atom. The third-order valence-corrected chi connectivity index (χ3v) is 4.14. The highest BCUT2D eigenvalue weighted by Gasteiger charge is 2.21. The maximum Gasteiger partial charge on any atom is 0.208 e. The smallest absolute Gasteiger partial charge is 0.208 e. The summed E-state index contributed by atoms with van der Waals surface area (Å²) in [6, 6.07) is 9.13. The van der Waals surface area contributed by atoms with E-state index in [0.29, 0.717) is 16.4 Å². The number of hydrogen-bond acceptors (Lipinski definition) is 2. The van der Waals surface area contributed by atoms with Crippen molar-refractivity contribution in [1.82, 2.24) is 9.55 Å². The van der Waals surface area contributed by atoms with Crippen LogP contribution in [0.15, 0.2) is 36.4 Å². The Labute approximate surface area is 147 Å². The molecule has 0 N–H and O–H groups in total. The molecule has 0 radical (unpaired) electrons. The number of ether oxygens (including phenoxy) is 1. The van der Waals surface area contributed by atoms with Gasteiger partial charge >= 0.3 is 0 Å². The van der Waals surface area contributed by atoms with Crippen LogP contribution in [0.3, 0.4) is 0 Å². The van der Waals surface area contributed by atoms with Crippen LogP contribution in [-0.4, -0.2) is 16.7 Å². The first-order chi connectivity index (χ1) is 11.4. The maximum absolute atomic E-state index is 14.4. The van der Waals surface area contributed by atoms with Gasteiger partial charge in [-0.25, -0.2) is 13.8 Å². The summed E-state index contributed by atoms with van der Waals surface area (Å²) in [6.07, 6.45) is 0. The fourth-order valence-electron chi connectivity index (χ4n) is 2.48. The zero-order chi connectivity index (χ0) is 17.4. The molecule has 124 valence electrons. The second kappa shape index (κ2) is 6.42. The number of halogens is 4. The van der Waals surface area contributed by atoms with Crippen LogP contribution in [0.5, 0.6) is 5.75 Å². The molecule has 24 heavy (non-hydrogen) atoms. The maximum atomic E-state index is 14.4. The minimum absolute atomic E-state index is 0.0413. The molecular weight excluding hydrogens is 357 g/mol. The van der Waals surface area contributed by atoms with Gasteiger partial charge in [-0.15, -0.1) is 0 Å². The Balaban J connectivity index is 2.19. The summed E-state index contributed by atoms with van der Waals surface area (Å²) in [5.41, 5.74) is 1.47. The number of imidazole rings is 1. The highest BCUT2D eigenvalue weighted by molar-refractivity contribution is 6.30. The van der Waals surface area contributed by atoms with Crippen LogP contribution in [0.4, 0.5) is 8.78 Å².